The van der Waals surface area contributed by atoms with Crippen LogP contribution < -0.4 is 5.32 Å². The van der Waals surface area contributed by atoms with Gasteiger partial charge in [-0.3, -0.25) is 4.79 Å². The third-order valence-electron chi connectivity index (χ3n) is 2.93. The van der Waals surface area contributed by atoms with E-state index >= 15 is 0 Å². The molecule has 1 unspecified atom stereocenters. The van der Waals surface area contributed by atoms with Crippen molar-refractivity contribution in [2.45, 2.75) is 26.3 Å². The lowest BCUT2D eigenvalue weighted by atomic mass is 10.1. The second-order valence-corrected chi connectivity index (χ2v) is 4.39. The van der Waals surface area contributed by atoms with E-state index in [9.17, 15) is 9.18 Å². The number of nitrogens with zero attached hydrogens (tertiary/aromatic N) is 1. The van der Waals surface area contributed by atoms with Gasteiger partial charge in [0.2, 0.25) is 0 Å². The maximum absolute atomic E-state index is 13.6. The van der Waals surface area contributed by atoms with Crippen LogP contribution in [0.3, 0.4) is 0 Å². The Morgan fingerprint density at radius 3 is 2.95 bits per heavy atom. The molecule has 2 rings (SSSR count). The predicted octanol–water partition coefficient (Wildman–Crippen LogP) is 2.74. The lowest BCUT2D eigenvalue weighted by Gasteiger charge is -2.15. The van der Waals surface area contributed by atoms with Crippen LogP contribution in [0.5, 0.6) is 0 Å². The minimum Gasteiger partial charge on any atom is -0.347 e. The zero-order chi connectivity index (χ0) is 13.8. The molecule has 2 N–H and O–H groups in total. The zero-order valence-corrected chi connectivity index (χ0v) is 10.9. The smallest absolute Gasteiger partial charge is 0.254 e. The fourth-order valence-corrected chi connectivity index (χ4v) is 1.88. The van der Waals surface area contributed by atoms with Crippen molar-refractivity contribution in [2.24, 2.45) is 0 Å². The summed E-state index contributed by atoms with van der Waals surface area (Å²) in [7, 11) is 0. The van der Waals surface area contributed by atoms with Gasteiger partial charge >= 0.3 is 0 Å². The molecule has 1 amide bonds. The van der Waals surface area contributed by atoms with Crippen molar-refractivity contribution in [3.8, 4) is 0 Å². The third-order valence-corrected chi connectivity index (χ3v) is 2.93. The first-order valence-electron chi connectivity index (χ1n) is 6.18. The monoisotopic (exact) mass is 261 g/mol. The molecule has 0 spiro atoms. The van der Waals surface area contributed by atoms with E-state index in [1.807, 2.05) is 13.8 Å². The summed E-state index contributed by atoms with van der Waals surface area (Å²) in [5.41, 5.74) is 0.905. The maximum Gasteiger partial charge on any atom is 0.254 e. The summed E-state index contributed by atoms with van der Waals surface area (Å²) < 4.78 is 13.6. The van der Waals surface area contributed by atoms with Crippen molar-refractivity contribution in [2.75, 3.05) is 0 Å². The lowest BCUT2D eigenvalue weighted by Crippen LogP contribution is -2.29. The van der Waals surface area contributed by atoms with Gasteiger partial charge in [0.1, 0.15) is 11.6 Å². The quantitative estimate of drug-likeness (QED) is 0.889. The van der Waals surface area contributed by atoms with E-state index < -0.39 is 11.7 Å². The molecule has 1 heterocycles. The topological polar surface area (TPSA) is 57.8 Å². The molecule has 19 heavy (non-hydrogen) atoms. The molecule has 0 aliphatic carbocycles. The number of halogens is 1. The second-order valence-electron chi connectivity index (χ2n) is 4.39. The van der Waals surface area contributed by atoms with Crippen molar-refractivity contribution in [3.63, 3.8) is 0 Å². The number of hydrogen-bond donors (Lipinski definition) is 2. The first-order valence-corrected chi connectivity index (χ1v) is 6.18. The molecule has 1 atom stereocenters. The Bertz CT molecular complexity index is 566. The summed E-state index contributed by atoms with van der Waals surface area (Å²) in [6.07, 6.45) is 3.99. The molecule has 1 aromatic carbocycles. The Morgan fingerprint density at radius 2 is 2.32 bits per heavy atom. The summed E-state index contributed by atoms with van der Waals surface area (Å²) >= 11 is 0. The van der Waals surface area contributed by atoms with Gasteiger partial charge in [0.25, 0.3) is 5.91 Å². The van der Waals surface area contributed by atoms with Gasteiger partial charge in [0, 0.05) is 12.4 Å². The molecule has 0 bridgehead atoms. The van der Waals surface area contributed by atoms with Crippen LogP contribution in [0.1, 0.15) is 41.1 Å². The molecule has 0 radical (unpaired) electrons. The normalized spacial score (nSPS) is 12.2. The molecule has 2 aromatic rings. The number of carbonyl (C=O) groups excluding carboxylic acids is 1. The largest absolute Gasteiger partial charge is 0.347 e. The summed E-state index contributed by atoms with van der Waals surface area (Å²) in [5, 5.41) is 2.78. The SMILES string of the molecule is CCC(NC(=O)c1cc(C)ccc1F)c1ncc[nH]1. The standard InChI is InChI=1S/C14H16FN3O/c1-3-12(13-16-6-7-17-13)18-14(19)10-8-9(2)4-5-11(10)15/h4-8,12H,3H2,1-2H3,(H,16,17)(H,18,19). The van der Waals surface area contributed by atoms with Crippen molar-refractivity contribution in [3.05, 3.63) is 53.4 Å². The van der Waals surface area contributed by atoms with Crippen molar-refractivity contribution in [1.29, 1.82) is 0 Å². The van der Waals surface area contributed by atoms with E-state index in [1.165, 1.54) is 6.07 Å². The highest BCUT2D eigenvalue weighted by Crippen LogP contribution is 2.15. The van der Waals surface area contributed by atoms with Crippen LogP contribution in [0, 0.1) is 12.7 Å². The maximum atomic E-state index is 13.6. The number of benzene rings is 1. The molecule has 4 nitrogen and oxygen atoms in total. The van der Waals surface area contributed by atoms with E-state index in [-0.39, 0.29) is 11.6 Å². The number of nitrogens with one attached hydrogen (secondary N) is 2. The average molecular weight is 261 g/mol. The van der Waals surface area contributed by atoms with E-state index in [1.54, 1.807) is 24.5 Å². The Morgan fingerprint density at radius 1 is 1.53 bits per heavy atom. The van der Waals surface area contributed by atoms with Crippen LogP contribution in [-0.4, -0.2) is 15.9 Å². The predicted molar refractivity (Wildman–Crippen MR) is 70.2 cm³/mol. The van der Waals surface area contributed by atoms with E-state index in [2.05, 4.69) is 15.3 Å². The van der Waals surface area contributed by atoms with Crippen molar-refractivity contribution >= 4 is 5.91 Å². The second kappa shape index (κ2) is 5.65. The number of aryl methyl sites for hydroxylation is 1. The third kappa shape index (κ3) is 2.99. The van der Waals surface area contributed by atoms with Gasteiger partial charge in [0.05, 0.1) is 11.6 Å². The molecule has 100 valence electrons. The highest BCUT2D eigenvalue weighted by Gasteiger charge is 2.18. The van der Waals surface area contributed by atoms with Gasteiger partial charge in [-0.25, -0.2) is 9.37 Å². The summed E-state index contributed by atoms with van der Waals surface area (Å²) in [4.78, 5) is 19.2. The Balaban J connectivity index is 2.18. The molecule has 0 fully saturated rings. The van der Waals surface area contributed by atoms with Gasteiger partial charge in [0.15, 0.2) is 0 Å². The summed E-state index contributed by atoms with van der Waals surface area (Å²) in [6, 6.07) is 4.23. The Labute approximate surface area is 111 Å². The molecular formula is C14H16FN3O. The Hall–Kier alpha value is -2.17. The van der Waals surface area contributed by atoms with Crippen LogP contribution >= 0.6 is 0 Å². The minimum atomic E-state index is -0.516. The molecule has 0 aliphatic rings. The van der Waals surface area contributed by atoms with Crippen LogP contribution in [0.25, 0.3) is 0 Å². The van der Waals surface area contributed by atoms with Gasteiger partial charge < -0.3 is 10.3 Å². The van der Waals surface area contributed by atoms with Crippen LogP contribution in [0.15, 0.2) is 30.6 Å². The minimum absolute atomic E-state index is 0.0602. The molecule has 0 saturated carbocycles. The fraction of sp³-hybridized carbons (Fsp3) is 0.286. The Kier molecular flexibility index (Phi) is 3.94. The van der Waals surface area contributed by atoms with Crippen molar-refractivity contribution in [1.82, 2.24) is 15.3 Å². The molecule has 0 aliphatic heterocycles. The molecule has 1 aromatic heterocycles. The lowest BCUT2D eigenvalue weighted by molar-refractivity contribution is 0.0929. The first-order chi connectivity index (χ1) is 9.11. The number of imidazole rings is 1. The van der Waals surface area contributed by atoms with Crippen LogP contribution in [-0.2, 0) is 0 Å². The average Bonchev–Trinajstić information content (AvgIpc) is 2.92. The summed E-state index contributed by atoms with van der Waals surface area (Å²) in [6.45, 7) is 3.75. The van der Waals surface area contributed by atoms with Gasteiger partial charge in [-0.05, 0) is 25.5 Å². The number of hydrogen-bond acceptors (Lipinski definition) is 2. The highest BCUT2D eigenvalue weighted by atomic mass is 19.1. The van der Waals surface area contributed by atoms with Crippen LogP contribution in [0.2, 0.25) is 0 Å². The molecule has 0 saturated heterocycles. The van der Waals surface area contributed by atoms with Gasteiger partial charge in [-0.2, -0.15) is 0 Å². The summed E-state index contributed by atoms with van der Waals surface area (Å²) in [5.74, 6) is -0.272. The molecule has 5 heteroatoms. The molecular weight excluding hydrogens is 245 g/mol. The van der Waals surface area contributed by atoms with E-state index in [0.717, 1.165) is 5.56 Å². The zero-order valence-electron chi connectivity index (χ0n) is 10.9. The first kappa shape index (κ1) is 13.3. The van der Waals surface area contributed by atoms with Gasteiger partial charge in [-0.1, -0.05) is 18.6 Å². The van der Waals surface area contributed by atoms with Crippen LogP contribution in [0.4, 0.5) is 4.39 Å². The van der Waals surface area contributed by atoms with Gasteiger partial charge in [-0.15, -0.1) is 0 Å². The van der Waals surface area contributed by atoms with E-state index in [4.69, 9.17) is 0 Å². The number of rotatable bonds is 4. The highest BCUT2D eigenvalue weighted by molar-refractivity contribution is 5.94. The number of carbonyl (C=O) groups is 1. The number of aromatic nitrogens is 2. The number of amides is 1. The fourth-order valence-electron chi connectivity index (χ4n) is 1.88. The van der Waals surface area contributed by atoms with E-state index in [0.29, 0.717) is 12.2 Å². The number of aromatic amines is 1. The van der Waals surface area contributed by atoms with Crippen molar-refractivity contribution < 1.29 is 9.18 Å². The number of H-pyrrole nitrogens is 1.